The van der Waals surface area contributed by atoms with E-state index in [1.807, 2.05) is 53.7 Å². The van der Waals surface area contributed by atoms with E-state index in [9.17, 15) is 9.59 Å². The van der Waals surface area contributed by atoms with Crippen LogP contribution in [0, 0.1) is 0 Å². The van der Waals surface area contributed by atoms with Crippen LogP contribution in [0.25, 0.3) is 0 Å². The third kappa shape index (κ3) is 5.84. The predicted octanol–water partition coefficient (Wildman–Crippen LogP) is 4.50. The van der Waals surface area contributed by atoms with E-state index in [2.05, 4.69) is 13.8 Å². The molecular weight excluding hydrogens is 358 g/mol. The normalized spacial score (nSPS) is 20.2. The van der Waals surface area contributed by atoms with Crippen molar-refractivity contribution in [1.82, 2.24) is 9.80 Å². The van der Waals surface area contributed by atoms with Gasteiger partial charge < -0.3 is 9.47 Å². The number of amides is 2. The molecule has 0 unspecified atom stereocenters. The lowest BCUT2D eigenvalue weighted by molar-refractivity contribution is 0.00195. The summed E-state index contributed by atoms with van der Waals surface area (Å²) in [7, 11) is 0. The molecular formula is C21H33N3O4. The number of ether oxygens (including phenoxy) is 2. The highest BCUT2D eigenvalue weighted by Crippen LogP contribution is 2.24. The van der Waals surface area contributed by atoms with E-state index in [1.54, 1.807) is 0 Å². The minimum Gasteiger partial charge on any atom is -0.444 e. The second kappa shape index (κ2) is 7.97. The van der Waals surface area contributed by atoms with Gasteiger partial charge in [0.05, 0.1) is 0 Å². The van der Waals surface area contributed by atoms with Crippen LogP contribution in [0.1, 0.15) is 61.8 Å². The Morgan fingerprint density at radius 3 is 1.79 bits per heavy atom. The quantitative estimate of drug-likeness (QED) is 0.660. The summed E-state index contributed by atoms with van der Waals surface area (Å²) in [5, 5.41) is 0. The van der Waals surface area contributed by atoms with Crippen LogP contribution in [0.4, 0.5) is 9.59 Å². The lowest BCUT2D eigenvalue weighted by atomic mass is 9.99. The molecule has 28 heavy (non-hydrogen) atoms. The summed E-state index contributed by atoms with van der Waals surface area (Å²) < 4.78 is 11.0. The van der Waals surface area contributed by atoms with E-state index in [4.69, 9.17) is 14.5 Å². The Balaban J connectivity index is 2.30. The minimum atomic E-state index is -0.782. The molecule has 2 rings (SSSR count). The van der Waals surface area contributed by atoms with E-state index in [-0.39, 0.29) is 0 Å². The molecule has 156 valence electrons. The number of hydrogen-bond acceptors (Lipinski definition) is 5. The third-order valence-corrected chi connectivity index (χ3v) is 4.32. The van der Waals surface area contributed by atoms with Gasteiger partial charge in [0.15, 0.2) is 0 Å². The molecule has 1 heterocycles. The molecule has 1 saturated heterocycles. The van der Waals surface area contributed by atoms with Crippen LogP contribution in [0.3, 0.4) is 0 Å². The van der Waals surface area contributed by atoms with Gasteiger partial charge in [0.2, 0.25) is 6.29 Å². The Morgan fingerprint density at radius 1 is 0.929 bits per heavy atom. The highest BCUT2D eigenvalue weighted by atomic mass is 16.6. The number of allylic oxidation sites excluding steroid dienone is 4. The smallest absolute Gasteiger partial charge is 0.413 e. The van der Waals surface area contributed by atoms with E-state index in [0.717, 1.165) is 5.71 Å². The molecule has 7 nitrogen and oxygen atoms in total. The maximum atomic E-state index is 12.7. The van der Waals surface area contributed by atoms with Gasteiger partial charge in [-0.2, -0.15) is 0 Å². The average Bonchev–Trinajstić information content (AvgIpc) is 2.91. The van der Waals surface area contributed by atoms with E-state index < -0.39 is 29.7 Å². The number of carbonyl (C=O) groups excluding carboxylic acids is 2. The van der Waals surface area contributed by atoms with Crippen LogP contribution >= 0.6 is 0 Å². The number of nitrogens with zero attached hydrogens (tertiary/aromatic N) is 3. The second-order valence-corrected chi connectivity index (χ2v) is 9.29. The van der Waals surface area contributed by atoms with Gasteiger partial charge in [0, 0.05) is 25.2 Å². The largest absolute Gasteiger partial charge is 0.444 e. The summed E-state index contributed by atoms with van der Waals surface area (Å²) in [5.41, 5.74) is 1.98. The first-order chi connectivity index (χ1) is 12.8. The van der Waals surface area contributed by atoms with Crippen molar-refractivity contribution in [2.45, 2.75) is 79.3 Å². The van der Waals surface area contributed by atoms with Gasteiger partial charge in [-0.15, -0.1) is 0 Å². The first kappa shape index (κ1) is 22.0. The average molecular weight is 392 g/mol. The van der Waals surface area contributed by atoms with Gasteiger partial charge >= 0.3 is 12.2 Å². The monoisotopic (exact) mass is 391 g/mol. The highest BCUT2D eigenvalue weighted by molar-refractivity contribution is 5.98. The van der Waals surface area contributed by atoms with Crippen molar-refractivity contribution in [1.29, 1.82) is 0 Å². The molecule has 2 amide bonds. The summed E-state index contributed by atoms with van der Waals surface area (Å²) in [6, 6.07) is 0. The summed E-state index contributed by atoms with van der Waals surface area (Å²) >= 11 is 0. The number of rotatable bonds is 1. The third-order valence-electron chi connectivity index (χ3n) is 4.32. The minimum absolute atomic E-state index is 0.340. The Kier molecular flexibility index (Phi) is 6.26. The predicted molar refractivity (Wildman–Crippen MR) is 109 cm³/mol. The molecule has 1 fully saturated rings. The van der Waals surface area contributed by atoms with Crippen molar-refractivity contribution in [2.75, 3.05) is 13.1 Å². The summed E-state index contributed by atoms with van der Waals surface area (Å²) in [6.07, 6.45) is 2.86. The van der Waals surface area contributed by atoms with Crippen molar-refractivity contribution in [3.63, 3.8) is 0 Å². The van der Waals surface area contributed by atoms with Crippen molar-refractivity contribution in [2.24, 2.45) is 4.99 Å². The first-order valence-electron chi connectivity index (χ1n) is 9.67. The summed E-state index contributed by atoms with van der Waals surface area (Å²) in [5.74, 6) is 0. The lowest BCUT2D eigenvalue weighted by Gasteiger charge is -2.31. The van der Waals surface area contributed by atoms with Gasteiger partial charge in [-0.25, -0.2) is 14.6 Å². The molecule has 0 aromatic heterocycles. The first-order valence-corrected chi connectivity index (χ1v) is 9.67. The molecule has 0 N–H and O–H groups in total. The zero-order valence-electron chi connectivity index (χ0n) is 18.3. The molecule has 0 atom stereocenters. The molecule has 0 radical (unpaired) electrons. The number of aliphatic imine (C=N–C) groups is 1. The van der Waals surface area contributed by atoms with Crippen molar-refractivity contribution >= 4 is 17.9 Å². The fourth-order valence-corrected chi connectivity index (χ4v) is 2.84. The Morgan fingerprint density at radius 2 is 1.39 bits per heavy atom. The van der Waals surface area contributed by atoms with Crippen LogP contribution in [-0.4, -0.2) is 58.3 Å². The molecule has 0 spiro atoms. The van der Waals surface area contributed by atoms with Crippen LogP contribution in [0.2, 0.25) is 0 Å². The van der Waals surface area contributed by atoms with Gasteiger partial charge in [0.1, 0.15) is 11.2 Å². The second-order valence-electron chi connectivity index (χ2n) is 9.29. The Bertz CT molecular complexity index is 687. The van der Waals surface area contributed by atoms with E-state index in [1.165, 1.54) is 20.9 Å². The fourth-order valence-electron chi connectivity index (χ4n) is 2.84. The van der Waals surface area contributed by atoms with Gasteiger partial charge in [-0.3, -0.25) is 9.80 Å². The molecule has 0 aromatic carbocycles. The summed E-state index contributed by atoms with van der Waals surface area (Å²) in [6.45, 7) is 15.7. The Hall–Kier alpha value is -2.31. The summed E-state index contributed by atoms with van der Waals surface area (Å²) in [4.78, 5) is 33.1. The Labute approximate surface area is 168 Å². The molecule has 2 aliphatic rings. The standard InChI is InChI=1S/C21H33N3O4/c1-14-9-10-16(13-15(14)2)22-17-23(18(25)27-20(3,4)5)11-12-24(17)19(26)28-21(6,7)8/h9-10,17H,11-13H2,1-8H3/b22-16-. The highest BCUT2D eigenvalue weighted by Gasteiger charge is 2.41. The van der Waals surface area contributed by atoms with Gasteiger partial charge in [0.25, 0.3) is 0 Å². The number of carbonyl (C=O) groups is 2. The van der Waals surface area contributed by atoms with Crippen LogP contribution < -0.4 is 0 Å². The van der Waals surface area contributed by atoms with Gasteiger partial charge in [-0.05, 0) is 61.5 Å². The van der Waals surface area contributed by atoms with Crippen LogP contribution in [0.5, 0.6) is 0 Å². The molecule has 0 bridgehead atoms. The zero-order valence-corrected chi connectivity index (χ0v) is 18.3. The SMILES string of the molecule is CC1=C(C)C/C(=N\C2N(C(=O)OC(C)(C)C)CCN2C(=O)OC(C)(C)C)C=C1. The van der Waals surface area contributed by atoms with Crippen molar-refractivity contribution in [3.8, 4) is 0 Å². The van der Waals surface area contributed by atoms with Crippen LogP contribution in [0.15, 0.2) is 28.3 Å². The molecule has 0 saturated carbocycles. The van der Waals surface area contributed by atoms with Gasteiger partial charge in [-0.1, -0.05) is 17.2 Å². The maximum absolute atomic E-state index is 12.7. The molecule has 1 aliphatic heterocycles. The molecule has 0 aromatic rings. The molecule has 1 aliphatic carbocycles. The molecule has 7 heteroatoms. The topological polar surface area (TPSA) is 71.4 Å². The van der Waals surface area contributed by atoms with E-state index in [0.29, 0.717) is 19.5 Å². The lowest BCUT2D eigenvalue weighted by Crippen LogP contribution is -2.46. The zero-order chi connectivity index (χ0) is 21.3. The van der Waals surface area contributed by atoms with Crippen molar-refractivity contribution in [3.05, 3.63) is 23.3 Å². The fraction of sp³-hybridized carbons (Fsp3) is 0.667. The van der Waals surface area contributed by atoms with Crippen molar-refractivity contribution < 1.29 is 19.1 Å². The van der Waals surface area contributed by atoms with Crippen LogP contribution in [-0.2, 0) is 9.47 Å². The number of hydrogen-bond donors (Lipinski definition) is 0. The maximum Gasteiger partial charge on any atom is 0.413 e. The van der Waals surface area contributed by atoms with E-state index >= 15 is 0 Å².